The van der Waals surface area contributed by atoms with Crippen molar-refractivity contribution in [1.29, 1.82) is 5.26 Å². The Kier molecular flexibility index (Phi) is 8.21. The molecule has 0 unspecified atom stereocenters. The van der Waals surface area contributed by atoms with E-state index >= 15 is 0 Å². The minimum absolute atomic E-state index is 0.144. The Morgan fingerprint density at radius 2 is 1.79 bits per heavy atom. The number of nitrogens with zero attached hydrogens (tertiary/aromatic N) is 1. The minimum Gasteiger partial charge on any atom is -0.493 e. The van der Waals surface area contributed by atoms with E-state index < -0.39 is 17.6 Å². The number of para-hydroxylation sites is 1. The first kappa shape index (κ1) is 24.3. The van der Waals surface area contributed by atoms with E-state index in [1.54, 1.807) is 42.5 Å². The van der Waals surface area contributed by atoms with Crippen LogP contribution in [0.25, 0.3) is 6.08 Å². The molecule has 0 spiro atoms. The maximum atomic E-state index is 13.0. The van der Waals surface area contributed by atoms with Gasteiger partial charge >= 0.3 is 0 Å². The lowest BCUT2D eigenvalue weighted by Gasteiger charge is -2.12. The number of hydrogen-bond acceptors (Lipinski definition) is 5. The molecule has 0 atom stereocenters. The number of carbonyl (C=O) groups excluding carboxylic acids is 2. The molecule has 0 aliphatic carbocycles. The highest BCUT2D eigenvalue weighted by Gasteiger charge is 2.13. The fraction of sp³-hybridized carbons (Fsp3) is 0.0800. The maximum Gasteiger partial charge on any atom is 0.266 e. The fourth-order valence-corrected chi connectivity index (χ4v) is 3.02. The Labute approximate surface area is 200 Å². The number of hydrogen-bond donors (Lipinski definition) is 2. The van der Waals surface area contributed by atoms with Gasteiger partial charge in [-0.3, -0.25) is 9.59 Å². The molecule has 3 aromatic rings. The average Bonchev–Trinajstić information content (AvgIpc) is 2.84. The molecule has 0 saturated carbocycles. The van der Waals surface area contributed by atoms with Crippen LogP contribution in [0.5, 0.6) is 11.5 Å². The van der Waals surface area contributed by atoms with E-state index in [-0.39, 0.29) is 17.9 Å². The molecular weight excluding hydrogens is 461 g/mol. The van der Waals surface area contributed by atoms with Crippen LogP contribution in [0.2, 0.25) is 5.02 Å². The van der Waals surface area contributed by atoms with Gasteiger partial charge in [0.15, 0.2) is 18.1 Å². The quantitative estimate of drug-likeness (QED) is 0.348. The van der Waals surface area contributed by atoms with E-state index in [4.69, 9.17) is 21.1 Å². The van der Waals surface area contributed by atoms with Crippen LogP contribution in [0.3, 0.4) is 0 Å². The molecule has 9 heteroatoms. The lowest BCUT2D eigenvalue weighted by molar-refractivity contribution is -0.118. The highest BCUT2D eigenvalue weighted by Crippen LogP contribution is 2.29. The van der Waals surface area contributed by atoms with Crippen molar-refractivity contribution in [3.63, 3.8) is 0 Å². The summed E-state index contributed by atoms with van der Waals surface area (Å²) in [6.45, 7) is -0.313. The Bertz CT molecular complexity index is 1270. The first-order valence-corrected chi connectivity index (χ1v) is 10.3. The van der Waals surface area contributed by atoms with Gasteiger partial charge in [0.05, 0.1) is 17.8 Å². The number of halogens is 2. The Morgan fingerprint density at radius 1 is 1.06 bits per heavy atom. The fourth-order valence-electron chi connectivity index (χ4n) is 2.83. The number of carbonyl (C=O) groups is 2. The average molecular weight is 480 g/mol. The summed E-state index contributed by atoms with van der Waals surface area (Å²) in [5.74, 6) is -0.887. The molecule has 172 valence electrons. The monoisotopic (exact) mass is 479 g/mol. The van der Waals surface area contributed by atoms with E-state index in [1.807, 2.05) is 6.07 Å². The van der Waals surface area contributed by atoms with Crippen LogP contribution in [-0.4, -0.2) is 25.5 Å². The first-order valence-electron chi connectivity index (χ1n) is 9.93. The minimum atomic E-state index is -0.618. The van der Waals surface area contributed by atoms with Gasteiger partial charge < -0.3 is 20.1 Å². The van der Waals surface area contributed by atoms with Crippen molar-refractivity contribution in [2.45, 2.75) is 0 Å². The van der Waals surface area contributed by atoms with Gasteiger partial charge in [-0.1, -0.05) is 29.8 Å². The van der Waals surface area contributed by atoms with Gasteiger partial charge in [-0.2, -0.15) is 5.26 Å². The number of benzene rings is 3. The van der Waals surface area contributed by atoms with Crippen molar-refractivity contribution >= 4 is 40.9 Å². The summed E-state index contributed by atoms with van der Waals surface area (Å²) in [4.78, 5) is 24.6. The standard InChI is InChI=1S/C25H19ClFN3O4/c1-33-23-13-16(12-17(14-28)25(32)30-21-5-3-2-4-20(21)26)6-11-22(23)34-15-24(31)29-19-9-7-18(27)8-10-19/h2-13H,15H2,1H3,(H,29,31)(H,30,32)/b17-12+. The molecule has 0 heterocycles. The topological polar surface area (TPSA) is 100 Å². The molecule has 3 aromatic carbocycles. The van der Waals surface area contributed by atoms with Crippen LogP contribution in [0.1, 0.15) is 5.56 Å². The molecule has 0 aromatic heterocycles. The van der Waals surface area contributed by atoms with Crippen LogP contribution in [0.15, 0.2) is 72.3 Å². The van der Waals surface area contributed by atoms with E-state index in [1.165, 1.54) is 37.5 Å². The van der Waals surface area contributed by atoms with Crippen LogP contribution in [0, 0.1) is 17.1 Å². The summed E-state index contributed by atoms with van der Waals surface area (Å²) in [6.07, 6.45) is 1.39. The number of nitriles is 1. The second kappa shape index (κ2) is 11.5. The molecule has 0 saturated heterocycles. The summed E-state index contributed by atoms with van der Waals surface area (Å²) in [7, 11) is 1.42. The van der Waals surface area contributed by atoms with Crippen LogP contribution in [0.4, 0.5) is 15.8 Å². The molecule has 2 N–H and O–H groups in total. The molecule has 3 rings (SSSR count). The number of amides is 2. The van der Waals surface area contributed by atoms with Crippen molar-refractivity contribution in [3.05, 3.63) is 88.7 Å². The number of nitrogens with one attached hydrogen (secondary N) is 2. The van der Waals surface area contributed by atoms with Crippen molar-refractivity contribution in [2.75, 3.05) is 24.4 Å². The number of anilines is 2. The van der Waals surface area contributed by atoms with Crippen LogP contribution < -0.4 is 20.1 Å². The van der Waals surface area contributed by atoms with Gasteiger partial charge in [-0.25, -0.2) is 4.39 Å². The lowest BCUT2D eigenvalue weighted by Crippen LogP contribution is -2.20. The predicted molar refractivity (Wildman–Crippen MR) is 127 cm³/mol. The third-order valence-corrected chi connectivity index (χ3v) is 4.80. The molecule has 0 fully saturated rings. The van der Waals surface area contributed by atoms with Gasteiger partial charge in [-0.05, 0) is 60.2 Å². The largest absolute Gasteiger partial charge is 0.493 e. The highest BCUT2D eigenvalue weighted by molar-refractivity contribution is 6.34. The van der Waals surface area contributed by atoms with Crippen molar-refractivity contribution in [2.24, 2.45) is 0 Å². The number of rotatable bonds is 8. The SMILES string of the molecule is COc1cc(/C=C(\C#N)C(=O)Nc2ccccc2Cl)ccc1OCC(=O)Nc1ccc(F)cc1. The smallest absolute Gasteiger partial charge is 0.266 e. The molecule has 7 nitrogen and oxygen atoms in total. The van der Waals surface area contributed by atoms with Crippen LogP contribution >= 0.6 is 11.6 Å². The van der Waals surface area contributed by atoms with Crippen molar-refractivity contribution in [3.8, 4) is 17.6 Å². The van der Waals surface area contributed by atoms with Gasteiger partial charge in [-0.15, -0.1) is 0 Å². The van der Waals surface area contributed by atoms with Crippen molar-refractivity contribution in [1.82, 2.24) is 0 Å². The third kappa shape index (κ3) is 6.58. The molecule has 34 heavy (non-hydrogen) atoms. The summed E-state index contributed by atoms with van der Waals surface area (Å²) in [5.41, 5.74) is 1.18. The lowest BCUT2D eigenvalue weighted by atomic mass is 10.1. The second-order valence-electron chi connectivity index (χ2n) is 6.86. The summed E-state index contributed by atoms with van der Waals surface area (Å²) < 4.78 is 23.8. The number of ether oxygens (including phenoxy) is 2. The van der Waals surface area contributed by atoms with Gasteiger partial charge in [0.1, 0.15) is 17.5 Å². The molecule has 0 bridgehead atoms. The maximum absolute atomic E-state index is 13.0. The Balaban J connectivity index is 1.68. The van der Waals surface area contributed by atoms with E-state index in [0.717, 1.165) is 0 Å². The summed E-state index contributed by atoms with van der Waals surface area (Å²) in [6, 6.07) is 18.6. The summed E-state index contributed by atoms with van der Waals surface area (Å²) in [5, 5.41) is 15.0. The molecule has 0 aliphatic heterocycles. The molecule has 0 radical (unpaired) electrons. The van der Waals surface area contributed by atoms with Crippen molar-refractivity contribution < 1.29 is 23.5 Å². The highest BCUT2D eigenvalue weighted by atomic mass is 35.5. The zero-order valence-corrected chi connectivity index (χ0v) is 18.7. The summed E-state index contributed by atoms with van der Waals surface area (Å²) >= 11 is 6.05. The zero-order valence-electron chi connectivity index (χ0n) is 18.0. The first-order chi connectivity index (χ1) is 16.4. The predicted octanol–water partition coefficient (Wildman–Crippen LogP) is 5.05. The molecular formula is C25H19ClFN3O4. The second-order valence-corrected chi connectivity index (χ2v) is 7.27. The normalized spacial score (nSPS) is 10.7. The van der Waals surface area contributed by atoms with E-state index in [9.17, 15) is 19.2 Å². The zero-order chi connectivity index (χ0) is 24.5. The molecule has 0 aliphatic rings. The Hall–Kier alpha value is -4.35. The number of methoxy groups -OCH3 is 1. The van der Waals surface area contributed by atoms with E-state index in [0.29, 0.717) is 27.7 Å². The molecule has 2 amide bonds. The van der Waals surface area contributed by atoms with Gasteiger partial charge in [0, 0.05) is 5.69 Å². The van der Waals surface area contributed by atoms with E-state index in [2.05, 4.69) is 10.6 Å². The van der Waals surface area contributed by atoms with Gasteiger partial charge in [0.25, 0.3) is 11.8 Å². The third-order valence-electron chi connectivity index (χ3n) is 4.47. The van der Waals surface area contributed by atoms with Gasteiger partial charge in [0.2, 0.25) is 0 Å². The Morgan fingerprint density at radius 3 is 2.47 bits per heavy atom. The van der Waals surface area contributed by atoms with Crippen LogP contribution in [-0.2, 0) is 9.59 Å².